The van der Waals surface area contributed by atoms with Gasteiger partial charge in [-0.15, -0.1) is 0 Å². The summed E-state index contributed by atoms with van der Waals surface area (Å²) in [5.41, 5.74) is 0.720. The zero-order chi connectivity index (χ0) is 21.9. The largest absolute Gasteiger partial charge is 0.489 e. The lowest BCUT2D eigenvalue weighted by atomic mass is 9.86. The van der Waals surface area contributed by atoms with Crippen molar-refractivity contribution < 1.29 is 23.0 Å². The summed E-state index contributed by atoms with van der Waals surface area (Å²) in [6.45, 7) is 6.28. The summed E-state index contributed by atoms with van der Waals surface area (Å²) >= 11 is 0. The second-order valence-corrected chi connectivity index (χ2v) is 10.2. The summed E-state index contributed by atoms with van der Waals surface area (Å²) in [6.07, 6.45) is 1.72. The molecule has 0 fully saturated rings. The van der Waals surface area contributed by atoms with Gasteiger partial charge < -0.3 is 14.6 Å². The fourth-order valence-corrected chi connectivity index (χ4v) is 4.82. The lowest BCUT2D eigenvalue weighted by Gasteiger charge is -2.45. The minimum absolute atomic E-state index is 0.335. The van der Waals surface area contributed by atoms with Crippen molar-refractivity contribution in [2.75, 3.05) is 12.8 Å². The van der Waals surface area contributed by atoms with Gasteiger partial charge in [0, 0.05) is 12.1 Å². The summed E-state index contributed by atoms with van der Waals surface area (Å²) in [4.78, 5) is 0. The Morgan fingerprint density at radius 1 is 1.17 bits per heavy atom. The molecule has 30 heavy (non-hydrogen) atoms. The van der Waals surface area contributed by atoms with Crippen LogP contribution in [0.1, 0.15) is 50.8 Å². The molecule has 0 amide bonds. The molecule has 0 bridgehead atoms. The fourth-order valence-electron chi connectivity index (χ4n) is 3.71. The average molecular weight is 434 g/mol. The van der Waals surface area contributed by atoms with Gasteiger partial charge in [-0.25, -0.2) is 8.42 Å². The van der Waals surface area contributed by atoms with Crippen LogP contribution in [0.3, 0.4) is 0 Å². The number of sulfonamides is 1. The van der Waals surface area contributed by atoms with E-state index in [1.807, 2.05) is 43.3 Å². The van der Waals surface area contributed by atoms with Crippen LogP contribution in [-0.4, -0.2) is 42.3 Å². The van der Waals surface area contributed by atoms with Gasteiger partial charge in [0.25, 0.3) is 0 Å². The summed E-state index contributed by atoms with van der Waals surface area (Å²) in [5, 5.41) is 11.1. The number of hydrogen-bond donors (Lipinski definition) is 1. The zero-order valence-electron chi connectivity index (χ0n) is 18.0. The normalized spacial score (nSPS) is 20.5. The van der Waals surface area contributed by atoms with Crippen molar-refractivity contribution in [3.8, 4) is 11.5 Å². The lowest BCUT2D eigenvalue weighted by Crippen LogP contribution is -2.54. The third-order valence-electron chi connectivity index (χ3n) is 5.40. The maximum atomic E-state index is 12.6. The predicted molar refractivity (Wildman–Crippen MR) is 117 cm³/mol. The van der Waals surface area contributed by atoms with E-state index in [1.165, 1.54) is 10.6 Å². The van der Waals surface area contributed by atoms with Crippen molar-refractivity contribution in [1.82, 2.24) is 4.31 Å². The summed E-state index contributed by atoms with van der Waals surface area (Å²) in [6, 6.07) is 14.4. The highest BCUT2D eigenvalue weighted by Gasteiger charge is 2.47. The first-order valence-corrected chi connectivity index (χ1v) is 12.1. The van der Waals surface area contributed by atoms with E-state index in [9.17, 15) is 13.5 Å². The summed E-state index contributed by atoms with van der Waals surface area (Å²) in [5.74, 6) is 1.16. The van der Waals surface area contributed by atoms with Crippen molar-refractivity contribution in [1.29, 1.82) is 0 Å². The molecule has 2 unspecified atom stereocenters. The Morgan fingerprint density at radius 2 is 1.87 bits per heavy atom. The smallest absolute Gasteiger partial charge is 0.211 e. The van der Waals surface area contributed by atoms with Crippen molar-refractivity contribution >= 4 is 10.0 Å². The van der Waals surface area contributed by atoms with Crippen molar-refractivity contribution in [3.63, 3.8) is 0 Å². The van der Waals surface area contributed by atoms with Crippen LogP contribution in [0.25, 0.3) is 0 Å². The number of fused-ring (bicyclic) bond motifs is 1. The van der Waals surface area contributed by atoms with Crippen LogP contribution >= 0.6 is 0 Å². The molecule has 3 rings (SSSR count). The maximum Gasteiger partial charge on any atom is 0.211 e. The van der Waals surface area contributed by atoms with E-state index in [0.29, 0.717) is 36.6 Å². The molecule has 0 spiro atoms. The Balaban J connectivity index is 1.98. The molecule has 6 nitrogen and oxygen atoms in total. The Hall–Kier alpha value is -2.09. The minimum Gasteiger partial charge on any atom is -0.489 e. The molecule has 7 heteroatoms. The molecular formula is C23H31NO5S. The van der Waals surface area contributed by atoms with Crippen LogP contribution in [-0.2, 0) is 16.6 Å². The van der Waals surface area contributed by atoms with Crippen molar-refractivity contribution in [2.45, 2.75) is 58.0 Å². The Kier molecular flexibility index (Phi) is 6.75. The molecule has 1 heterocycles. The van der Waals surface area contributed by atoms with Crippen molar-refractivity contribution in [3.05, 3.63) is 59.7 Å². The van der Waals surface area contributed by atoms with Gasteiger partial charge in [0.2, 0.25) is 10.0 Å². The number of hydrogen-bond acceptors (Lipinski definition) is 5. The summed E-state index contributed by atoms with van der Waals surface area (Å²) in [7, 11) is -3.55. The monoisotopic (exact) mass is 433 g/mol. The molecule has 1 N–H and O–H groups in total. The minimum atomic E-state index is -3.55. The zero-order valence-corrected chi connectivity index (χ0v) is 18.9. The van der Waals surface area contributed by atoms with E-state index in [-0.39, 0.29) is 0 Å². The molecule has 1 aliphatic heterocycles. The summed E-state index contributed by atoms with van der Waals surface area (Å²) < 4.78 is 38.6. The van der Waals surface area contributed by atoms with Gasteiger partial charge in [0.1, 0.15) is 29.8 Å². The molecule has 2 aromatic carbocycles. The van der Waals surface area contributed by atoms with Gasteiger partial charge in [-0.05, 0) is 44.0 Å². The molecule has 0 saturated carbocycles. The maximum absolute atomic E-state index is 12.6. The van der Waals surface area contributed by atoms with E-state index in [1.54, 1.807) is 26.0 Å². The van der Waals surface area contributed by atoms with Crippen LogP contribution < -0.4 is 9.47 Å². The number of benzene rings is 2. The number of aliphatic hydroxyl groups excluding tert-OH is 1. The van der Waals surface area contributed by atoms with Crippen LogP contribution in [0.15, 0.2) is 48.5 Å². The molecule has 164 valence electrons. The lowest BCUT2D eigenvalue weighted by molar-refractivity contribution is -0.0792. The van der Waals surface area contributed by atoms with Gasteiger partial charge in [0.05, 0.1) is 12.3 Å². The SMILES string of the molecule is CCCCN(C1c2cc(OCc3ccccc3)ccc2OC(C)(C)C1O)S(C)(=O)=O. The van der Waals surface area contributed by atoms with Gasteiger partial charge >= 0.3 is 0 Å². The highest BCUT2D eigenvalue weighted by atomic mass is 32.2. The third-order valence-corrected chi connectivity index (χ3v) is 6.66. The number of rotatable bonds is 8. The standard InChI is InChI=1S/C23H31NO5S/c1-5-6-14-24(30(4,26)27)21-19-15-18(28-16-17-10-8-7-9-11-17)12-13-20(19)29-23(2,3)22(21)25/h7-13,15,21-22,25H,5-6,14,16H2,1-4H3. The Morgan fingerprint density at radius 3 is 2.50 bits per heavy atom. The molecule has 2 atom stereocenters. The third kappa shape index (κ3) is 4.96. The van der Waals surface area contributed by atoms with Crippen LogP contribution in [0.2, 0.25) is 0 Å². The second-order valence-electron chi connectivity index (χ2n) is 8.30. The first kappa shape index (κ1) is 22.6. The Labute approximate surface area is 179 Å². The van der Waals surface area contributed by atoms with E-state index in [0.717, 1.165) is 12.0 Å². The fraction of sp³-hybridized carbons (Fsp3) is 0.478. The van der Waals surface area contributed by atoms with Crippen LogP contribution in [0.5, 0.6) is 11.5 Å². The first-order chi connectivity index (χ1) is 14.1. The van der Waals surface area contributed by atoms with Gasteiger partial charge in [-0.3, -0.25) is 0 Å². The second kappa shape index (κ2) is 8.96. The van der Waals surface area contributed by atoms with E-state index in [4.69, 9.17) is 9.47 Å². The quantitative estimate of drug-likeness (QED) is 0.683. The molecule has 0 saturated heterocycles. The number of nitrogens with zero attached hydrogens (tertiary/aromatic N) is 1. The molecule has 0 aromatic heterocycles. The molecule has 0 radical (unpaired) electrons. The van der Waals surface area contributed by atoms with Gasteiger partial charge in [-0.2, -0.15) is 4.31 Å². The molecule has 2 aromatic rings. The Bertz CT molecular complexity index is 959. The van der Waals surface area contributed by atoms with Crippen LogP contribution in [0, 0.1) is 0 Å². The highest BCUT2D eigenvalue weighted by Crippen LogP contribution is 2.45. The topological polar surface area (TPSA) is 76.1 Å². The molecule has 1 aliphatic rings. The number of unbranched alkanes of at least 4 members (excludes halogenated alkanes) is 1. The highest BCUT2D eigenvalue weighted by molar-refractivity contribution is 7.88. The first-order valence-electron chi connectivity index (χ1n) is 10.3. The van der Waals surface area contributed by atoms with Crippen molar-refractivity contribution in [2.24, 2.45) is 0 Å². The average Bonchev–Trinajstić information content (AvgIpc) is 2.69. The number of ether oxygens (including phenoxy) is 2. The van der Waals surface area contributed by atoms with E-state index in [2.05, 4.69) is 0 Å². The molecular weight excluding hydrogens is 402 g/mol. The van der Waals surface area contributed by atoms with Gasteiger partial charge in [0.15, 0.2) is 0 Å². The number of aliphatic hydroxyl groups is 1. The van der Waals surface area contributed by atoms with Crippen LogP contribution in [0.4, 0.5) is 0 Å². The van der Waals surface area contributed by atoms with E-state index >= 15 is 0 Å². The van der Waals surface area contributed by atoms with E-state index < -0.39 is 27.8 Å². The predicted octanol–water partition coefficient (Wildman–Crippen LogP) is 3.90. The molecule has 0 aliphatic carbocycles. The van der Waals surface area contributed by atoms with Gasteiger partial charge in [-0.1, -0.05) is 43.7 Å².